The van der Waals surface area contributed by atoms with Crippen molar-refractivity contribution in [1.29, 1.82) is 0 Å². The van der Waals surface area contributed by atoms with Crippen molar-refractivity contribution in [1.82, 2.24) is 10.2 Å². The molecule has 1 unspecified atom stereocenters. The minimum Gasteiger partial charge on any atom is -0.315 e. The molecule has 24 heavy (non-hydrogen) atoms. The number of hydrogen-bond donors (Lipinski definition) is 1. The van der Waals surface area contributed by atoms with Crippen LogP contribution in [0, 0.1) is 0 Å². The Morgan fingerprint density at radius 1 is 0.958 bits per heavy atom. The Bertz CT molecular complexity index is 816. The zero-order chi connectivity index (χ0) is 16.4. The summed E-state index contributed by atoms with van der Waals surface area (Å²) in [5.41, 5.74) is 1.42. The topological polar surface area (TPSA) is 15.3 Å². The number of nitrogens with zero attached hydrogens (tertiary/aromatic N) is 1. The second-order valence-electron chi connectivity index (χ2n) is 6.25. The van der Waals surface area contributed by atoms with Crippen molar-refractivity contribution in [3.05, 3.63) is 68.8 Å². The summed E-state index contributed by atoms with van der Waals surface area (Å²) in [5.74, 6) is 0. The molecule has 0 bridgehead atoms. The van der Waals surface area contributed by atoms with Gasteiger partial charge in [0.1, 0.15) is 0 Å². The largest absolute Gasteiger partial charge is 0.315 e. The third-order valence-electron chi connectivity index (χ3n) is 4.72. The Hall–Kier alpha value is -1.20. The number of nitrogens with one attached hydrogen (secondary N) is 1. The number of halogens is 1. The van der Waals surface area contributed by atoms with E-state index >= 15 is 0 Å². The fourth-order valence-corrected chi connectivity index (χ4v) is 5.20. The standard InChI is InChI=1S/C20H21BrN2S/c21-19-10-9-18(24-19)20(23-13-4-11-22-12-14-23)17-8-3-6-15-5-1-2-7-16(15)17/h1-3,5-10,20,22H,4,11-14H2. The van der Waals surface area contributed by atoms with Crippen LogP contribution in [0.2, 0.25) is 0 Å². The van der Waals surface area contributed by atoms with E-state index in [2.05, 4.69) is 80.7 Å². The van der Waals surface area contributed by atoms with E-state index in [0.29, 0.717) is 6.04 Å². The Kier molecular flexibility index (Phi) is 4.99. The van der Waals surface area contributed by atoms with Gasteiger partial charge < -0.3 is 5.32 Å². The van der Waals surface area contributed by atoms with Crippen LogP contribution in [0.4, 0.5) is 0 Å². The molecule has 0 radical (unpaired) electrons. The first-order valence-electron chi connectivity index (χ1n) is 8.50. The predicted molar refractivity (Wildman–Crippen MR) is 107 cm³/mol. The smallest absolute Gasteiger partial charge is 0.0702 e. The normalized spacial score (nSPS) is 17.7. The molecule has 1 fully saturated rings. The van der Waals surface area contributed by atoms with Crippen molar-refractivity contribution in [2.24, 2.45) is 0 Å². The summed E-state index contributed by atoms with van der Waals surface area (Å²) < 4.78 is 1.20. The van der Waals surface area contributed by atoms with E-state index in [1.54, 1.807) is 0 Å². The van der Waals surface area contributed by atoms with Crippen molar-refractivity contribution in [3.8, 4) is 0 Å². The molecule has 1 saturated heterocycles. The fraction of sp³-hybridized carbons (Fsp3) is 0.300. The first kappa shape index (κ1) is 16.3. The van der Waals surface area contributed by atoms with Crippen molar-refractivity contribution in [2.75, 3.05) is 26.2 Å². The Labute approximate surface area is 155 Å². The van der Waals surface area contributed by atoms with Gasteiger partial charge in [-0.1, -0.05) is 42.5 Å². The van der Waals surface area contributed by atoms with Crippen LogP contribution in [0.3, 0.4) is 0 Å². The van der Waals surface area contributed by atoms with E-state index in [0.717, 1.165) is 26.2 Å². The molecule has 0 saturated carbocycles. The van der Waals surface area contributed by atoms with Crippen molar-refractivity contribution in [3.63, 3.8) is 0 Å². The van der Waals surface area contributed by atoms with Crippen molar-refractivity contribution < 1.29 is 0 Å². The first-order chi connectivity index (χ1) is 11.8. The predicted octanol–water partition coefficient (Wildman–Crippen LogP) is 5.05. The van der Waals surface area contributed by atoms with E-state index in [1.807, 2.05) is 11.3 Å². The summed E-state index contributed by atoms with van der Waals surface area (Å²) in [7, 11) is 0. The summed E-state index contributed by atoms with van der Waals surface area (Å²) in [4.78, 5) is 4.06. The van der Waals surface area contributed by atoms with Gasteiger partial charge in [0.05, 0.1) is 9.83 Å². The summed E-state index contributed by atoms with van der Waals surface area (Å²) in [6.07, 6.45) is 1.20. The molecule has 0 amide bonds. The molecular formula is C20H21BrN2S. The first-order valence-corrected chi connectivity index (χ1v) is 10.1. The van der Waals surface area contributed by atoms with Crippen LogP contribution < -0.4 is 5.32 Å². The Morgan fingerprint density at radius 2 is 1.83 bits per heavy atom. The maximum atomic E-state index is 3.65. The maximum Gasteiger partial charge on any atom is 0.0702 e. The summed E-state index contributed by atoms with van der Waals surface area (Å²) in [5, 5.41) is 6.22. The number of thiophene rings is 1. The van der Waals surface area contributed by atoms with Crippen molar-refractivity contribution >= 4 is 38.0 Å². The zero-order valence-corrected chi connectivity index (χ0v) is 15.9. The molecule has 1 atom stereocenters. The van der Waals surface area contributed by atoms with Gasteiger partial charge in [0.15, 0.2) is 0 Å². The highest BCUT2D eigenvalue weighted by Crippen LogP contribution is 2.38. The number of hydrogen-bond acceptors (Lipinski definition) is 3. The SMILES string of the molecule is Brc1ccc(C(c2cccc3ccccc23)N2CCCNCC2)s1. The molecule has 1 N–H and O–H groups in total. The van der Waals surface area contributed by atoms with Gasteiger partial charge in [0.25, 0.3) is 0 Å². The lowest BCUT2D eigenvalue weighted by Crippen LogP contribution is -2.32. The molecular weight excluding hydrogens is 380 g/mol. The molecule has 2 heterocycles. The highest BCUT2D eigenvalue weighted by Gasteiger charge is 2.25. The number of rotatable bonds is 3. The molecule has 4 rings (SSSR count). The minimum atomic E-state index is 0.326. The van der Waals surface area contributed by atoms with Crippen LogP contribution in [0.25, 0.3) is 10.8 Å². The highest BCUT2D eigenvalue weighted by atomic mass is 79.9. The molecule has 1 aromatic heterocycles. The average molecular weight is 401 g/mol. The number of benzene rings is 2. The van der Waals surface area contributed by atoms with Gasteiger partial charge in [-0.15, -0.1) is 11.3 Å². The fourth-order valence-electron chi connectivity index (χ4n) is 3.62. The monoisotopic (exact) mass is 400 g/mol. The summed E-state index contributed by atoms with van der Waals surface area (Å²) in [6, 6.07) is 20.2. The van der Waals surface area contributed by atoms with Crippen LogP contribution in [-0.4, -0.2) is 31.1 Å². The molecule has 2 aromatic carbocycles. The molecule has 124 valence electrons. The van der Waals surface area contributed by atoms with E-state index in [1.165, 1.54) is 31.4 Å². The molecule has 0 spiro atoms. The zero-order valence-electron chi connectivity index (χ0n) is 13.5. The van der Waals surface area contributed by atoms with Crippen LogP contribution in [0.15, 0.2) is 58.4 Å². The lowest BCUT2D eigenvalue weighted by atomic mass is 9.96. The number of fused-ring (bicyclic) bond motifs is 1. The van der Waals surface area contributed by atoms with E-state index < -0.39 is 0 Å². The summed E-state index contributed by atoms with van der Waals surface area (Å²) >= 11 is 5.50. The van der Waals surface area contributed by atoms with Gasteiger partial charge in [0, 0.05) is 24.5 Å². The van der Waals surface area contributed by atoms with Gasteiger partial charge in [-0.2, -0.15) is 0 Å². The van der Waals surface area contributed by atoms with Gasteiger partial charge in [-0.05, 0) is 57.4 Å². The lowest BCUT2D eigenvalue weighted by Gasteiger charge is -2.31. The highest BCUT2D eigenvalue weighted by molar-refractivity contribution is 9.11. The van der Waals surface area contributed by atoms with Crippen LogP contribution >= 0.6 is 27.3 Å². The Morgan fingerprint density at radius 3 is 2.71 bits per heavy atom. The summed E-state index contributed by atoms with van der Waals surface area (Å²) in [6.45, 7) is 4.40. The third kappa shape index (κ3) is 3.29. The van der Waals surface area contributed by atoms with Gasteiger partial charge in [-0.3, -0.25) is 4.90 Å². The van der Waals surface area contributed by atoms with E-state index in [9.17, 15) is 0 Å². The lowest BCUT2D eigenvalue weighted by molar-refractivity contribution is 0.245. The molecule has 1 aliphatic heterocycles. The second kappa shape index (κ2) is 7.36. The van der Waals surface area contributed by atoms with Crippen molar-refractivity contribution in [2.45, 2.75) is 12.5 Å². The molecule has 1 aliphatic rings. The molecule has 4 heteroatoms. The van der Waals surface area contributed by atoms with E-state index in [-0.39, 0.29) is 0 Å². The van der Waals surface area contributed by atoms with Gasteiger partial charge in [0.2, 0.25) is 0 Å². The van der Waals surface area contributed by atoms with Crippen LogP contribution in [0.1, 0.15) is 22.9 Å². The van der Waals surface area contributed by atoms with Crippen LogP contribution in [-0.2, 0) is 0 Å². The molecule has 3 aromatic rings. The third-order valence-corrected chi connectivity index (χ3v) is 6.40. The average Bonchev–Trinajstić information content (AvgIpc) is 2.86. The Balaban J connectivity index is 1.84. The molecule has 2 nitrogen and oxygen atoms in total. The quantitative estimate of drug-likeness (QED) is 0.661. The van der Waals surface area contributed by atoms with Crippen LogP contribution in [0.5, 0.6) is 0 Å². The molecule has 0 aliphatic carbocycles. The van der Waals surface area contributed by atoms with Gasteiger partial charge >= 0.3 is 0 Å². The van der Waals surface area contributed by atoms with E-state index in [4.69, 9.17) is 0 Å². The second-order valence-corrected chi connectivity index (χ2v) is 8.75. The maximum absolute atomic E-state index is 3.65. The van der Waals surface area contributed by atoms with Gasteiger partial charge in [-0.25, -0.2) is 0 Å². The minimum absolute atomic E-state index is 0.326.